The van der Waals surface area contributed by atoms with Crippen LogP contribution in [0.3, 0.4) is 0 Å². The summed E-state index contributed by atoms with van der Waals surface area (Å²) in [4.78, 5) is 2.30. The predicted molar refractivity (Wildman–Crippen MR) is 83.8 cm³/mol. The number of hydrogen-bond acceptors (Lipinski definition) is 2. The molecule has 0 aliphatic carbocycles. The summed E-state index contributed by atoms with van der Waals surface area (Å²) in [6.45, 7) is 10.6. The lowest BCUT2D eigenvalue weighted by Crippen LogP contribution is -2.24. The molecule has 2 nitrogen and oxygen atoms in total. The van der Waals surface area contributed by atoms with Crippen LogP contribution in [0.15, 0.2) is 18.2 Å². The SMILES string of the molecule is C#CCOc1c(C=CC)ccc(C)c1N(CC)CC. The molecule has 0 aliphatic heterocycles. The van der Waals surface area contributed by atoms with Gasteiger partial charge in [-0.3, -0.25) is 0 Å². The number of nitrogens with zero attached hydrogens (tertiary/aromatic N) is 1. The van der Waals surface area contributed by atoms with Gasteiger partial charge < -0.3 is 9.64 Å². The molecule has 0 spiro atoms. The minimum Gasteiger partial charge on any atom is -0.478 e. The molecule has 0 saturated heterocycles. The van der Waals surface area contributed by atoms with Gasteiger partial charge in [0.05, 0.1) is 5.69 Å². The number of hydrogen-bond donors (Lipinski definition) is 0. The first kappa shape index (κ1) is 15.2. The zero-order chi connectivity index (χ0) is 14.3. The van der Waals surface area contributed by atoms with Crippen LogP contribution in [0.1, 0.15) is 31.9 Å². The third kappa shape index (κ3) is 3.54. The van der Waals surface area contributed by atoms with Gasteiger partial charge in [0.15, 0.2) is 5.75 Å². The third-order valence-corrected chi connectivity index (χ3v) is 3.09. The Morgan fingerprint density at radius 1 is 1.32 bits per heavy atom. The maximum absolute atomic E-state index is 5.81. The summed E-state index contributed by atoms with van der Waals surface area (Å²) in [5.74, 6) is 3.43. The highest BCUT2D eigenvalue weighted by molar-refractivity contribution is 5.73. The Morgan fingerprint density at radius 3 is 2.53 bits per heavy atom. The highest BCUT2D eigenvalue weighted by atomic mass is 16.5. The van der Waals surface area contributed by atoms with Crippen LogP contribution in [-0.2, 0) is 0 Å². The van der Waals surface area contributed by atoms with Gasteiger partial charge in [0.25, 0.3) is 0 Å². The molecular formula is C17H23NO. The van der Waals surface area contributed by atoms with Crippen molar-refractivity contribution in [2.75, 3.05) is 24.6 Å². The number of terminal acetylenes is 1. The Labute approximate surface area is 117 Å². The minimum absolute atomic E-state index is 0.294. The van der Waals surface area contributed by atoms with Crippen molar-refractivity contribution in [2.24, 2.45) is 0 Å². The first-order chi connectivity index (χ1) is 9.19. The normalized spacial score (nSPS) is 10.5. The van der Waals surface area contributed by atoms with Crippen LogP contribution >= 0.6 is 0 Å². The van der Waals surface area contributed by atoms with Crippen LogP contribution < -0.4 is 9.64 Å². The van der Waals surface area contributed by atoms with E-state index in [1.807, 2.05) is 13.0 Å². The van der Waals surface area contributed by atoms with Gasteiger partial charge in [0.2, 0.25) is 0 Å². The molecule has 0 fully saturated rings. The van der Waals surface area contributed by atoms with Crippen LogP contribution in [0.25, 0.3) is 6.08 Å². The van der Waals surface area contributed by atoms with E-state index < -0.39 is 0 Å². The Bertz CT molecular complexity index is 479. The standard InChI is InChI=1S/C17H23NO/c1-6-10-15-12-11-14(5)16(18(8-3)9-4)17(15)19-13-7-2/h2,6,10-12H,8-9,13H2,1,3-5H3. The molecule has 0 amide bonds. The summed E-state index contributed by atoms with van der Waals surface area (Å²) in [6.07, 6.45) is 9.39. The van der Waals surface area contributed by atoms with Gasteiger partial charge in [-0.2, -0.15) is 0 Å². The lowest BCUT2D eigenvalue weighted by atomic mass is 10.1. The maximum Gasteiger partial charge on any atom is 0.151 e. The predicted octanol–water partition coefficient (Wildman–Crippen LogP) is 3.89. The zero-order valence-electron chi connectivity index (χ0n) is 12.4. The fourth-order valence-electron chi connectivity index (χ4n) is 2.19. The number of rotatable bonds is 6. The molecule has 102 valence electrons. The van der Waals surface area contributed by atoms with E-state index in [4.69, 9.17) is 11.2 Å². The topological polar surface area (TPSA) is 12.5 Å². The molecule has 2 heteroatoms. The Morgan fingerprint density at radius 2 is 2.00 bits per heavy atom. The van der Waals surface area contributed by atoms with Gasteiger partial charge in [-0.15, -0.1) is 6.42 Å². The molecular weight excluding hydrogens is 234 g/mol. The summed E-state index contributed by atoms with van der Waals surface area (Å²) in [7, 11) is 0. The number of benzene rings is 1. The van der Waals surface area contributed by atoms with Crippen molar-refractivity contribution in [1.82, 2.24) is 0 Å². The molecule has 1 aromatic rings. The number of allylic oxidation sites excluding steroid dienone is 1. The molecule has 0 radical (unpaired) electrons. The van der Waals surface area contributed by atoms with Crippen LogP contribution in [0.2, 0.25) is 0 Å². The highest BCUT2D eigenvalue weighted by Gasteiger charge is 2.15. The lowest BCUT2D eigenvalue weighted by Gasteiger charge is -2.26. The van der Waals surface area contributed by atoms with Crippen molar-refractivity contribution in [3.63, 3.8) is 0 Å². The zero-order valence-corrected chi connectivity index (χ0v) is 12.4. The van der Waals surface area contributed by atoms with Crippen molar-refractivity contribution >= 4 is 11.8 Å². The van der Waals surface area contributed by atoms with E-state index in [1.165, 1.54) is 5.56 Å². The molecule has 0 bridgehead atoms. The van der Waals surface area contributed by atoms with Gasteiger partial charge >= 0.3 is 0 Å². The second kappa shape index (κ2) is 7.53. The van der Waals surface area contributed by atoms with Crippen molar-refractivity contribution in [3.8, 4) is 18.1 Å². The monoisotopic (exact) mass is 257 g/mol. The fraction of sp³-hybridized carbons (Fsp3) is 0.412. The van der Waals surface area contributed by atoms with Gasteiger partial charge in [0, 0.05) is 18.7 Å². The van der Waals surface area contributed by atoms with Crippen molar-refractivity contribution in [3.05, 3.63) is 29.3 Å². The van der Waals surface area contributed by atoms with Crippen molar-refractivity contribution in [1.29, 1.82) is 0 Å². The molecule has 0 atom stereocenters. The number of anilines is 1. The number of aryl methyl sites for hydroxylation is 1. The summed E-state index contributed by atoms with van der Waals surface area (Å²) in [5.41, 5.74) is 3.44. The van der Waals surface area contributed by atoms with E-state index in [1.54, 1.807) is 0 Å². The molecule has 0 saturated carbocycles. The average Bonchev–Trinajstić information content (AvgIpc) is 2.42. The molecule has 1 aromatic carbocycles. The second-order valence-corrected chi connectivity index (χ2v) is 4.31. The van der Waals surface area contributed by atoms with E-state index in [-0.39, 0.29) is 0 Å². The van der Waals surface area contributed by atoms with Gasteiger partial charge in [0.1, 0.15) is 6.61 Å². The Kier molecular flexibility index (Phi) is 6.02. The van der Waals surface area contributed by atoms with E-state index in [9.17, 15) is 0 Å². The minimum atomic E-state index is 0.294. The van der Waals surface area contributed by atoms with Crippen molar-refractivity contribution in [2.45, 2.75) is 27.7 Å². The molecule has 0 heterocycles. The van der Waals surface area contributed by atoms with Crippen LogP contribution in [0, 0.1) is 19.3 Å². The van der Waals surface area contributed by atoms with Crippen LogP contribution in [0.5, 0.6) is 5.75 Å². The number of ether oxygens (including phenoxy) is 1. The first-order valence-electron chi connectivity index (χ1n) is 6.77. The van der Waals surface area contributed by atoms with Crippen LogP contribution in [-0.4, -0.2) is 19.7 Å². The first-order valence-corrected chi connectivity index (χ1v) is 6.77. The molecule has 0 aromatic heterocycles. The van der Waals surface area contributed by atoms with E-state index in [0.29, 0.717) is 6.61 Å². The van der Waals surface area contributed by atoms with Gasteiger partial charge in [-0.1, -0.05) is 30.2 Å². The summed E-state index contributed by atoms with van der Waals surface area (Å²) in [6, 6.07) is 4.21. The van der Waals surface area contributed by atoms with Gasteiger partial charge in [-0.25, -0.2) is 0 Å². The maximum atomic E-state index is 5.81. The second-order valence-electron chi connectivity index (χ2n) is 4.31. The summed E-state index contributed by atoms with van der Waals surface area (Å²) >= 11 is 0. The van der Waals surface area contributed by atoms with E-state index in [0.717, 1.165) is 30.1 Å². The Balaban J connectivity index is 3.38. The average molecular weight is 257 g/mol. The highest BCUT2D eigenvalue weighted by Crippen LogP contribution is 2.36. The summed E-state index contributed by atoms with van der Waals surface area (Å²) in [5, 5.41) is 0. The van der Waals surface area contributed by atoms with E-state index in [2.05, 4.69) is 49.8 Å². The largest absolute Gasteiger partial charge is 0.478 e. The Hall–Kier alpha value is -1.88. The van der Waals surface area contributed by atoms with Gasteiger partial charge in [-0.05, 0) is 33.3 Å². The molecule has 0 unspecified atom stereocenters. The summed E-state index contributed by atoms with van der Waals surface area (Å²) < 4.78 is 5.81. The molecule has 19 heavy (non-hydrogen) atoms. The van der Waals surface area contributed by atoms with Crippen LogP contribution in [0.4, 0.5) is 5.69 Å². The lowest BCUT2D eigenvalue weighted by molar-refractivity contribution is 0.369. The smallest absolute Gasteiger partial charge is 0.151 e. The quantitative estimate of drug-likeness (QED) is 0.717. The van der Waals surface area contributed by atoms with Crippen molar-refractivity contribution < 1.29 is 4.74 Å². The molecule has 1 rings (SSSR count). The van der Waals surface area contributed by atoms with E-state index >= 15 is 0 Å². The fourth-order valence-corrected chi connectivity index (χ4v) is 2.19. The third-order valence-electron chi connectivity index (χ3n) is 3.09. The molecule has 0 N–H and O–H groups in total. The molecule has 0 aliphatic rings.